The van der Waals surface area contributed by atoms with Crippen LogP contribution in [0, 0.1) is 0 Å². The molecule has 3 aromatic rings. The average Bonchev–Trinajstić information content (AvgIpc) is 3.04. The Morgan fingerprint density at radius 3 is 2.77 bits per heavy atom. The molecule has 0 amide bonds. The number of nitrogens with zero attached hydrogens (tertiary/aromatic N) is 3. The number of benzene rings is 1. The first-order valence-electron chi connectivity index (χ1n) is 6.95. The van der Waals surface area contributed by atoms with Gasteiger partial charge in [-0.2, -0.15) is 0 Å². The maximum Gasteiger partial charge on any atom is 0.277 e. The number of aromatic nitrogens is 3. The monoisotopic (exact) mass is 313 g/mol. The molecule has 0 unspecified atom stereocenters. The van der Waals surface area contributed by atoms with E-state index in [9.17, 15) is 0 Å². The van der Waals surface area contributed by atoms with Gasteiger partial charge in [-0.25, -0.2) is 0 Å². The van der Waals surface area contributed by atoms with Crippen molar-refractivity contribution in [3.63, 3.8) is 0 Å². The quantitative estimate of drug-likeness (QED) is 0.645. The minimum Gasteiger partial charge on any atom is -0.493 e. The predicted molar refractivity (Wildman–Crippen MR) is 84.7 cm³/mol. The highest BCUT2D eigenvalue weighted by Crippen LogP contribution is 2.31. The van der Waals surface area contributed by atoms with Gasteiger partial charge in [0.05, 0.1) is 17.9 Å². The van der Waals surface area contributed by atoms with Crippen LogP contribution in [0.2, 0.25) is 0 Å². The lowest BCUT2D eigenvalue weighted by atomic mass is 10.2. The molecule has 0 radical (unpaired) electrons. The third kappa shape index (κ3) is 3.46. The van der Waals surface area contributed by atoms with Gasteiger partial charge in [0.25, 0.3) is 11.1 Å². The van der Waals surface area contributed by atoms with E-state index < -0.39 is 0 Å². The summed E-state index contributed by atoms with van der Waals surface area (Å²) in [6.45, 7) is 2.53. The number of rotatable bonds is 6. The second kappa shape index (κ2) is 7.09. The zero-order valence-corrected chi connectivity index (χ0v) is 12.9. The van der Waals surface area contributed by atoms with Crippen molar-refractivity contribution in [1.82, 2.24) is 15.2 Å². The van der Waals surface area contributed by atoms with E-state index in [0.29, 0.717) is 23.5 Å². The summed E-state index contributed by atoms with van der Waals surface area (Å²) in [5.41, 5.74) is 1.78. The summed E-state index contributed by atoms with van der Waals surface area (Å²) in [6, 6.07) is 13.5. The Morgan fingerprint density at radius 1 is 1.09 bits per heavy atom. The average molecular weight is 313 g/mol. The van der Waals surface area contributed by atoms with Gasteiger partial charge in [-0.3, -0.25) is 4.98 Å². The molecule has 0 spiro atoms. The normalized spacial score (nSPS) is 10.6. The molecule has 0 aliphatic heterocycles. The molecule has 2 heterocycles. The molecule has 2 aromatic heterocycles. The van der Waals surface area contributed by atoms with E-state index in [-0.39, 0.29) is 0 Å². The number of thioether (sulfide) groups is 1. The Morgan fingerprint density at radius 2 is 1.95 bits per heavy atom. The van der Waals surface area contributed by atoms with Gasteiger partial charge in [0.15, 0.2) is 0 Å². The summed E-state index contributed by atoms with van der Waals surface area (Å²) in [6.07, 6.45) is 1.77. The largest absolute Gasteiger partial charge is 0.493 e. The molecule has 22 heavy (non-hydrogen) atoms. The van der Waals surface area contributed by atoms with Gasteiger partial charge in [0, 0.05) is 11.9 Å². The van der Waals surface area contributed by atoms with Crippen molar-refractivity contribution in [2.75, 3.05) is 6.61 Å². The maximum absolute atomic E-state index is 5.71. The molecule has 0 atom stereocenters. The highest BCUT2D eigenvalue weighted by atomic mass is 32.2. The Hall–Kier alpha value is -2.34. The molecule has 0 saturated carbocycles. The summed E-state index contributed by atoms with van der Waals surface area (Å²) in [5, 5.41) is 8.70. The van der Waals surface area contributed by atoms with Gasteiger partial charge in [-0.05, 0) is 31.2 Å². The second-order valence-corrected chi connectivity index (χ2v) is 5.34. The van der Waals surface area contributed by atoms with E-state index in [1.165, 1.54) is 11.8 Å². The molecule has 3 rings (SSSR count). The first-order chi connectivity index (χ1) is 10.9. The lowest BCUT2D eigenvalue weighted by molar-refractivity contribution is 0.340. The van der Waals surface area contributed by atoms with Gasteiger partial charge >= 0.3 is 0 Å². The van der Waals surface area contributed by atoms with Crippen LogP contribution in [0.3, 0.4) is 0 Å². The van der Waals surface area contributed by atoms with Crippen molar-refractivity contribution in [3.8, 4) is 17.2 Å². The highest BCUT2D eigenvalue weighted by Gasteiger charge is 2.13. The fourth-order valence-electron chi connectivity index (χ4n) is 1.92. The molecule has 0 bridgehead atoms. The van der Waals surface area contributed by atoms with Gasteiger partial charge in [-0.15, -0.1) is 10.2 Å². The van der Waals surface area contributed by atoms with Gasteiger partial charge in [0.1, 0.15) is 5.75 Å². The van der Waals surface area contributed by atoms with Crippen molar-refractivity contribution in [2.45, 2.75) is 17.9 Å². The van der Waals surface area contributed by atoms with Crippen LogP contribution in [0.1, 0.15) is 12.6 Å². The first kappa shape index (κ1) is 14.6. The van der Waals surface area contributed by atoms with Crippen LogP contribution in [0.25, 0.3) is 11.5 Å². The molecule has 1 aromatic carbocycles. The third-order valence-corrected chi connectivity index (χ3v) is 3.75. The third-order valence-electron chi connectivity index (χ3n) is 2.89. The molecular weight excluding hydrogens is 298 g/mol. The van der Waals surface area contributed by atoms with Crippen LogP contribution in [-0.2, 0) is 5.75 Å². The standard InChI is InChI=1S/C16H15N3O2S/c1-2-20-14-9-4-3-8-13(14)15-18-19-16(21-15)22-11-12-7-5-6-10-17-12/h3-10H,2,11H2,1H3. The summed E-state index contributed by atoms with van der Waals surface area (Å²) in [4.78, 5) is 4.27. The number of hydrogen-bond acceptors (Lipinski definition) is 6. The molecule has 0 saturated heterocycles. The van der Waals surface area contributed by atoms with Gasteiger partial charge in [0.2, 0.25) is 0 Å². The predicted octanol–water partition coefficient (Wildman–Crippen LogP) is 3.82. The van der Waals surface area contributed by atoms with E-state index in [1.54, 1.807) is 6.20 Å². The van der Waals surface area contributed by atoms with Crippen molar-refractivity contribution in [3.05, 3.63) is 54.4 Å². The summed E-state index contributed by atoms with van der Waals surface area (Å²) in [5.74, 6) is 1.90. The molecule has 5 nitrogen and oxygen atoms in total. The van der Waals surface area contributed by atoms with Crippen molar-refractivity contribution >= 4 is 11.8 Å². The van der Waals surface area contributed by atoms with E-state index in [0.717, 1.165) is 17.0 Å². The smallest absolute Gasteiger partial charge is 0.277 e. The minimum atomic E-state index is 0.465. The molecule has 6 heteroatoms. The number of pyridine rings is 1. The molecular formula is C16H15N3O2S. The molecule has 0 aliphatic carbocycles. The highest BCUT2D eigenvalue weighted by molar-refractivity contribution is 7.98. The Labute approximate surface area is 132 Å². The summed E-state index contributed by atoms with van der Waals surface area (Å²) in [7, 11) is 0. The number of hydrogen-bond donors (Lipinski definition) is 0. The lowest BCUT2D eigenvalue weighted by Crippen LogP contribution is -1.93. The van der Waals surface area contributed by atoms with Crippen LogP contribution < -0.4 is 4.74 Å². The number of para-hydroxylation sites is 1. The van der Waals surface area contributed by atoms with E-state index in [4.69, 9.17) is 9.15 Å². The fourth-order valence-corrected chi connectivity index (χ4v) is 2.60. The lowest BCUT2D eigenvalue weighted by Gasteiger charge is -2.05. The Balaban J connectivity index is 1.74. The van der Waals surface area contributed by atoms with Crippen LogP contribution in [0.15, 0.2) is 58.3 Å². The zero-order chi connectivity index (χ0) is 15.2. The van der Waals surface area contributed by atoms with Crippen LogP contribution in [0.5, 0.6) is 5.75 Å². The molecule has 0 aliphatic rings. The number of ether oxygens (including phenoxy) is 1. The SMILES string of the molecule is CCOc1ccccc1-c1nnc(SCc2ccccn2)o1. The van der Waals surface area contributed by atoms with Crippen LogP contribution in [-0.4, -0.2) is 21.8 Å². The first-order valence-corrected chi connectivity index (χ1v) is 7.94. The topological polar surface area (TPSA) is 61.0 Å². The molecule has 0 fully saturated rings. The summed E-state index contributed by atoms with van der Waals surface area (Å²) < 4.78 is 11.3. The van der Waals surface area contributed by atoms with Gasteiger partial charge < -0.3 is 9.15 Å². The second-order valence-electron chi connectivity index (χ2n) is 4.41. The van der Waals surface area contributed by atoms with Crippen LogP contribution in [0.4, 0.5) is 0 Å². The molecule has 112 valence electrons. The Bertz CT molecular complexity index is 731. The van der Waals surface area contributed by atoms with Gasteiger partial charge in [-0.1, -0.05) is 30.0 Å². The zero-order valence-electron chi connectivity index (χ0n) is 12.1. The maximum atomic E-state index is 5.71. The fraction of sp³-hybridized carbons (Fsp3) is 0.188. The van der Waals surface area contributed by atoms with Crippen molar-refractivity contribution in [1.29, 1.82) is 0 Å². The minimum absolute atomic E-state index is 0.465. The van der Waals surface area contributed by atoms with E-state index >= 15 is 0 Å². The van der Waals surface area contributed by atoms with Crippen molar-refractivity contribution in [2.24, 2.45) is 0 Å². The Kier molecular flexibility index (Phi) is 4.70. The molecule has 0 N–H and O–H groups in total. The van der Waals surface area contributed by atoms with Crippen LogP contribution >= 0.6 is 11.8 Å². The summed E-state index contributed by atoms with van der Waals surface area (Å²) >= 11 is 1.46. The van der Waals surface area contributed by atoms with Crippen molar-refractivity contribution < 1.29 is 9.15 Å². The van der Waals surface area contributed by atoms with E-state index in [1.807, 2.05) is 49.4 Å². The van der Waals surface area contributed by atoms with E-state index in [2.05, 4.69) is 15.2 Å².